The lowest BCUT2D eigenvalue weighted by Crippen LogP contribution is -2.49. The van der Waals surface area contributed by atoms with Crippen molar-refractivity contribution in [3.63, 3.8) is 0 Å². The van der Waals surface area contributed by atoms with Gasteiger partial charge in [-0.1, -0.05) is 32.9 Å². The van der Waals surface area contributed by atoms with Crippen LogP contribution in [-0.4, -0.2) is 39.7 Å². The van der Waals surface area contributed by atoms with Crippen molar-refractivity contribution in [2.24, 2.45) is 0 Å². The molecule has 0 N–H and O–H groups in total. The van der Waals surface area contributed by atoms with Crippen molar-refractivity contribution < 1.29 is 4.74 Å². The molecule has 0 atom stereocenters. The van der Waals surface area contributed by atoms with Crippen LogP contribution in [0.2, 0.25) is 0 Å². The molecule has 6 heteroatoms. The third kappa shape index (κ3) is 2.71. The van der Waals surface area contributed by atoms with Crippen LogP contribution in [0.3, 0.4) is 0 Å². The molecule has 3 aromatic rings. The second-order valence-corrected chi connectivity index (χ2v) is 7.53. The van der Waals surface area contributed by atoms with Crippen molar-refractivity contribution in [1.82, 2.24) is 19.5 Å². The fourth-order valence-corrected chi connectivity index (χ4v) is 3.30. The Bertz CT molecular complexity index is 888. The van der Waals surface area contributed by atoms with E-state index in [9.17, 15) is 0 Å². The Kier molecular flexibility index (Phi) is 3.63. The summed E-state index contributed by atoms with van der Waals surface area (Å²) in [7, 11) is 1.62. The Balaban J connectivity index is 1.63. The summed E-state index contributed by atoms with van der Waals surface area (Å²) in [5.74, 6) is 2.56. The molecule has 4 rings (SSSR count). The third-order valence-corrected chi connectivity index (χ3v) is 4.63. The van der Waals surface area contributed by atoms with E-state index in [-0.39, 0.29) is 5.41 Å². The molecule has 1 saturated heterocycles. The van der Waals surface area contributed by atoms with E-state index in [0.717, 1.165) is 30.4 Å². The molecule has 0 bridgehead atoms. The number of fused-ring (bicyclic) bond motifs is 1. The normalized spacial score (nSPS) is 15.4. The highest BCUT2D eigenvalue weighted by Crippen LogP contribution is 2.34. The summed E-state index contributed by atoms with van der Waals surface area (Å²) < 4.78 is 7.52. The summed E-state index contributed by atoms with van der Waals surface area (Å²) in [5.41, 5.74) is 2.26. The van der Waals surface area contributed by atoms with Gasteiger partial charge in [0.1, 0.15) is 5.82 Å². The summed E-state index contributed by atoms with van der Waals surface area (Å²) in [6, 6.07) is 8.75. The highest BCUT2D eigenvalue weighted by molar-refractivity contribution is 5.76. The van der Waals surface area contributed by atoms with E-state index in [0.29, 0.717) is 11.8 Å². The highest BCUT2D eigenvalue weighted by Gasteiger charge is 2.35. The number of hydrogen-bond donors (Lipinski definition) is 0. The zero-order valence-electron chi connectivity index (χ0n) is 15.1. The lowest BCUT2D eigenvalue weighted by Gasteiger charge is -2.41. The van der Waals surface area contributed by atoms with Gasteiger partial charge < -0.3 is 14.2 Å². The minimum absolute atomic E-state index is 0.00392. The van der Waals surface area contributed by atoms with Crippen LogP contribution in [-0.2, 0) is 5.41 Å². The number of para-hydroxylation sites is 2. The third-order valence-electron chi connectivity index (χ3n) is 4.63. The van der Waals surface area contributed by atoms with Gasteiger partial charge in [0.05, 0.1) is 36.6 Å². The first-order chi connectivity index (χ1) is 12.0. The number of anilines is 1. The first-order valence-corrected chi connectivity index (χ1v) is 8.56. The second kappa shape index (κ2) is 5.72. The fourth-order valence-electron chi connectivity index (χ4n) is 3.30. The maximum atomic E-state index is 5.13. The van der Waals surface area contributed by atoms with Gasteiger partial charge in [-0.25, -0.2) is 15.0 Å². The molecule has 0 aliphatic carbocycles. The number of rotatable bonds is 3. The van der Waals surface area contributed by atoms with Gasteiger partial charge in [0.25, 0.3) is 0 Å². The summed E-state index contributed by atoms with van der Waals surface area (Å²) in [6.07, 6.45) is 3.42. The Morgan fingerprint density at radius 1 is 1.08 bits per heavy atom. The smallest absolute Gasteiger partial charge is 0.225 e. The van der Waals surface area contributed by atoms with Crippen LogP contribution in [0.1, 0.15) is 32.6 Å². The standard InChI is InChI=1S/C19H23N5O/c1-19(2,3)17-22-15-7-5-6-8-16(15)24(17)13-11-23(12-13)18-20-9-14(25-4)10-21-18/h5-10,13H,11-12H2,1-4H3. The first kappa shape index (κ1) is 15.9. The topological polar surface area (TPSA) is 56.1 Å². The van der Waals surface area contributed by atoms with Gasteiger partial charge in [0, 0.05) is 18.5 Å². The second-order valence-electron chi connectivity index (χ2n) is 7.53. The number of ether oxygens (including phenoxy) is 1. The minimum Gasteiger partial charge on any atom is -0.494 e. The van der Waals surface area contributed by atoms with Crippen LogP contribution in [0.15, 0.2) is 36.7 Å². The molecule has 0 unspecified atom stereocenters. The van der Waals surface area contributed by atoms with Crippen LogP contribution in [0, 0.1) is 0 Å². The van der Waals surface area contributed by atoms with E-state index >= 15 is 0 Å². The molecule has 0 amide bonds. The van der Waals surface area contributed by atoms with E-state index in [1.165, 1.54) is 5.52 Å². The molecule has 130 valence electrons. The van der Waals surface area contributed by atoms with E-state index in [1.807, 2.05) is 6.07 Å². The van der Waals surface area contributed by atoms with Crippen LogP contribution >= 0.6 is 0 Å². The van der Waals surface area contributed by atoms with E-state index in [4.69, 9.17) is 9.72 Å². The van der Waals surface area contributed by atoms with Crippen molar-refractivity contribution in [2.45, 2.75) is 32.2 Å². The zero-order valence-corrected chi connectivity index (χ0v) is 15.1. The zero-order chi connectivity index (χ0) is 17.6. The molecule has 0 saturated carbocycles. The molecule has 1 aliphatic heterocycles. The maximum Gasteiger partial charge on any atom is 0.225 e. The van der Waals surface area contributed by atoms with Gasteiger partial charge in [-0.15, -0.1) is 0 Å². The molecule has 6 nitrogen and oxygen atoms in total. The Morgan fingerprint density at radius 2 is 1.76 bits per heavy atom. The molecular formula is C19H23N5O. The SMILES string of the molecule is COc1cnc(N2CC(n3c(C(C)(C)C)nc4ccccc43)C2)nc1. The van der Waals surface area contributed by atoms with Gasteiger partial charge in [-0.2, -0.15) is 0 Å². The molecule has 2 aromatic heterocycles. The monoisotopic (exact) mass is 337 g/mol. The fraction of sp³-hybridized carbons (Fsp3) is 0.421. The summed E-state index contributed by atoms with van der Waals surface area (Å²) in [5, 5.41) is 0. The van der Waals surface area contributed by atoms with E-state index in [2.05, 4.69) is 58.4 Å². The molecule has 1 aromatic carbocycles. The summed E-state index contributed by atoms with van der Waals surface area (Å²) in [4.78, 5) is 15.9. The lowest BCUT2D eigenvalue weighted by atomic mass is 9.94. The van der Waals surface area contributed by atoms with Gasteiger partial charge >= 0.3 is 0 Å². The van der Waals surface area contributed by atoms with Crippen LogP contribution in [0.4, 0.5) is 5.95 Å². The first-order valence-electron chi connectivity index (χ1n) is 8.56. The van der Waals surface area contributed by atoms with Gasteiger partial charge in [0.2, 0.25) is 5.95 Å². The molecule has 0 radical (unpaired) electrons. The number of hydrogen-bond acceptors (Lipinski definition) is 5. The Hall–Kier alpha value is -2.63. The maximum absolute atomic E-state index is 5.13. The van der Waals surface area contributed by atoms with E-state index in [1.54, 1.807) is 19.5 Å². The van der Waals surface area contributed by atoms with Gasteiger partial charge in [-0.3, -0.25) is 0 Å². The van der Waals surface area contributed by atoms with Gasteiger partial charge in [0.15, 0.2) is 5.75 Å². The number of benzene rings is 1. The Morgan fingerprint density at radius 3 is 2.40 bits per heavy atom. The van der Waals surface area contributed by atoms with Crippen molar-refractivity contribution in [3.8, 4) is 5.75 Å². The number of aromatic nitrogens is 4. The van der Waals surface area contributed by atoms with Crippen LogP contribution < -0.4 is 9.64 Å². The molecule has 25 heavy (non-hydrogen) atoms. The molecule has 1 fully saturated rings. The average molecular weight is 337 g/mol. The molecule has 3 heterocycles. The largest absolute Gasteiger partial charge is 0.494 e. The van der Waals surface area contributed by atoms with Gasteiger partial charge in [-0.05, 0) is 12.1 Å². The van der Waals surface area contributed by atoms with Crippen LogP contribution in [0.5, 0.6) is 5.75 Å². The van der Waals surface area contributed by atoms with E-state index < -0.39 is 0 Å². The van der Waals surface area contributed by atoms with Crippen LogP contribution in [0.25, 0.3) is 11.0 Å². The quantitative estimate of drug-likeness (QED) is 0.735. The lowest BCUT2D eigenvalue weighted by molar-refractivity contribution is 0.368. The molecule has 0 spiro atoms. The molecule has 1 aliphatic rings. The average Bonchev–Trinajstić information content (AvgIpc) is 2.94. The summed E-state index contributed by atoms with van der Waals surface area (Å²) >= 11 is 0. The number of nitrogens with zero attached hydrogens (tertiary/aromatic N) is 5. The van der Waals surface area contributed by atoms with Crippen molar-refractivity contribution in [3.05, 3.63) is 42.5 Å². The predicted octanol–water partition coefficient (Wildman–Crippen LogP) is 3.19. The van der Waals surface area contributed by atoms with Crippen molar-refractivity contribution in [2.75, 3.05) is 25.1 Å². The Labute approximate surface area is 147 Å². The van der Waals surface area contributed by atoms with Crippen molar-refractivity contribution >= 4 is 17.0 Å². The number of imidazole rings is 1. The number of methoxy groups -OCH3 is 1. The highest BCUT2D eigenvalue weighted by atomic mass is 16.5. The molecular weight excluding hydrogens is 314 g/mol. The summed E-state index contributed by atoms with van der Waals surface area (Å²) in [6.45, 7) is 8.42. The minimum atomic E-state index is -0.00392. The predicted molar refractivity (Wildman–Crippen MR) is 98.3 cm³/mol. The van der Waals surface area contributed by atoms with Crippen molar-refractivity contribution in [1.29, 1.82) is 0 Å².